The molecule has 0 aliphatic carbocycles. The van der Waals surface area contributed by atoms with Gasteiger partial charge in [0.1, 0.15) is 18.2 Å². The van der Waals surface area contributed by atoms with Crippen molar-refractivity contribution in [3.8, 4) is 5.75 Å². The van der Waals surface area contributed by atoms with Crippen molar-refractivity contribution in [2.24, 2.45) is 5.41 Å². The molecule has 0 aromatic heterocycles. The lowest BCUT2D eigenvalue weighted by Gasteiger charge is -2.36. The molecule has 0 spiro atoms. The Balaban J connectivity index is 2.26. The summed E-state index contributed by atoms with van der Waals surface area (Å²) in [4.78, 5) is 0. The summed E-state index contributed by atoms with van der Waals surface area (Å²) in [5, 5.41) is 3.31. The van der Waals surface area contributed by atoms with Crippen LogP contribution in [0.1, 0.15) is 20.8 Å². The molecule has 1 aromatic rings. The second-order valence-electron chi connectivity index (χ2n) is 5.01. The first kappa shape index (κ1) is 10.3. The second kappa shape index (κ2) is 3.40. The molecule has 1 N–H and O–H groups in total. The highest BCUT2D eigenvalue weighted by Gasteiger charge is 2.29. The molecule has 1 aliphatic rings. The van der Waals surface area contributed by atoms with Crippen LogP contribution in [0.25, 0.3) is 0 Å². The van der Waals surface area contributed by atoms with Crippen LogP contribution in [0, 0.1) is 11.2 Å². The number of rotatable bonds is 0. The van der Waals surface area contributed by atoms with E-state index in [4.69, 9.17) is 4.74 Å². The summed E-state index contributed by atoms with van der Waals surface area (Å²) in [5.74, 6) is 0.497. The number of hydrogen-bond acceptors (Lipinski definition) is 2. The molecule has 0 bridgehead atoms. The van der Waals surface area contributed by atoms with Gasteiger partial charge in [-0.05, 0) is 17.5 Å². The molecule has 2 rings (SSSR count). The number of ether oxygens (including phenoxy) is 1. The molecular formula is C12H16FNO. The molecule has 1 unspecified atom stereocenters. The standard InChI is InChI=1S/C12H16FNO/c1-12(2,3)11-7-15-10-5-4-8(13)6-9(10)14-11/h4-6,11,14H,7H2,1-3H3. The Morgan fingerprint density at radius 1 is 1.40 bits per heavy atom. The Morgan fingerprint density at radius 2 is 2.13 bits per heavy atom. The van der Waals surface area contributed by atoms with Gasteiger partial charge in [0.05, 0.1) is 11.7 Å². The quantitative estimate of drug-likeness (QED) is 0.709. The van der Waals surface area contributed by atoms with E-state index < -0.39 is 0 Å². The minimum absolute atomic E-state index is 0.101. The molecule has 1 heterocycles. The zero-order valence-corrected chi connectivity index (χ0v) is 9.30. The first-order chi connectivity index (χ1) is 6.97. The van der Waals surface area contributed by atoms with E-state index in [2.05, 4.69) is 26.1 Å². The Labute approximate surface area is 89.4 Å². The maximum Gasteiger partial charge on any atom is 0.142 e. The number of fused-ring (bicyclic) bond motifs is 1. The second-order valence-corrected chi connectivity index (χ2v) is 5.01. The highest BCUT2D eigenvalue weighted by Crippen LogP contribution is 2.34. The van der Waals surface area contributed by atoms with Crippen molar-refractivity contribution < 1.29 is 9.13 Å². The van der Waals surface area contributed by atoms with E-state index in [0.717, 1.165) is 11.4 Å². The molecular weight excluding hydrogens is 193 g/mol. The van der Waals surface area contributed by atoms with Gasteiger partial charge in [-0.3, -0.25) is 0 Å². The van der Waals surface area contributed by atoms with Crippen LogP contribution in [0.4, 0.5) is 10.1 Å². The summed E-state index contributed by atoms with van der Waals surface area (Å²) in [5.41, 5.74) is 0.852. The Morgan fingerprint density at radius 3 is 2.80 bits per heavy atom. The van der Waals surface area contributed by atoms with E-state index in [1.54, 1.807) is 6.07 Å². The third-order valence-corrected chi connectivity index (χ3v) is 2.72. The number of halogens is 1. The summed E-state index contributed by atoms with van der Waals surface area (Å²) >= 11 is 0. The van der Waals surface area contributed by atoms with Crippen LogP contribution < -0.4 is 10.1 Å². The van der Waals surface area contributed by atoms with Gasteiger partial charge in [-0.1, -0.05) is 20.8 Å². The van der Waals surface area contributed by atoms with E-state index >= 15 is 0 Å². The predicted molar refractivity (Wildman–Crippen MR) is 58.8 cm³/mol. The molecule has 15 heavy (non-hydrogen) atoms. The average Bonchev–Trinajstić information content (AvgIpc) is 2.15. The maximum atomic E-state index is 13.0. The number of hydrogen-bond donors (Lipinski definition) is 1. The summed E-state index contributed by atoms with van der Waals surface area (Å²) in [6.45, 7) is 7.04. The van der Waals surface area contributed by atoms with Gasteiger partial charge in [-0.15, -0.1) is 0 Å². The van der Waals surface area contributed by atoms with Gasteiger partial charge in [0.15, 0.2) is 0 Å². The SMILES string of the molecule is CC(C)(C)C1COc2ccc(F)cc2N1. The van der Waals surface area contributed by atoms with Gasteiger partial charge in [-0.25, -0.2) is 4.39 Å². The van der Waals surface area contributed by atoms with Gasteiger partial charge >= 0.3 is 0 Å². The molecule has 1 atom stereocenters. The summed E-state index contributed by atoms with van der Waals surface area (Å²) in [6, 6.07) is 4.77. The lowest BCUT2D eigenvalue weighted by molar-refractivity contribution is 0.206. The number of nitrogens with one attached hydrogen (secondary N) is 1. The minimum Gasteiger partial charge on any atom is -0.489 e. The third kappa shape index (κ3) is 2.06. The van der Waals surface area contributed by atoms with Crippen molar-refractivity contribution in [1.29, 1.82) is 0 Å². The molecule has 0 amide bonds. The summed E-state index contributed by atoms with van der Waals surface area (Å²) in [7, 11) is 0. The molecule has 1 aromatic carbocycles. The topological polar surface area (TPSA) is 21.3 Å². The first-order valence-corrected chi connectivity index (χ1v) is 5.16. The molecule has 3 heteroatoms. The molecule has 0 fully saturated rings. The summed E-state index contributed by atoms with van der Waals surface area (Å²) < 4.78 is 18.6. The van der Waals surface area contributed by atoms with Gasteiger partial charge in [-0.2, -0.15) is 0 Å². The zero-order valence-electron chi connectivity index (χ0n) is 9.30. The van der Waals surface area contributed by atoms with E-state index in [0.29, 0.717) is 6.61 Å². The van der Waals surface area contributed by atoms with Crippen LogP contribution in [0.3, 0.4) is 0 Å². The van der Waals surface area contributed by atoms with Gasteiger partial charge in [0.2, 0.25) is 0 Å². The minimum atomic E-state index is -0.237. The van der Waals surface area contributed by atoms with E-state index in [9.17, 15) is 4.39 Å². The van der Waals surface area contributed by atoms with Crippen LogP contribution >= 0.6 is 0 Å². The fraction of sp³-hybridized carbons (Fsp3) is 0.500. The Hall–Kier alpha value is -1.25. The number of anilines is 1. The monoisotopic (exact) mass is 209 g/mol. The fourth-order valence-electron chi connectivity index (χ4n) is 1.61. The van der Waals surface area contributed by atoms with Crippen molar-refractivity contribution in [3.63, 3.8) is 0 Å². The van der Waals surface area contributed by atoms with Crippen molar-refractivity contribution in [2.75, 3.05) is 11.9 Å². The fourth-order valence-corrected chi connectivity index (χ4v) is 1.61. The van der Waals surface area contributed by atoms with E-state index in [1.165, 1.54) is 12.1 Å². The molecule has 0 saturated heterocycles. The van der Waals surface area contributed by atoms with Crippen LogP contribution in [0.15, 0.2) is 18.2 Å². The average molecular weight is 209 g/mol. The van der Waals surface area contributed by atoms with Gasteiger partial charge in [0, 0.05) is 6.07 Å². The first-order valence-electron chi connectivity index (χ1n) is 5.16. The van der Waals surface area contributed by atoms with E-state index in [-0.39, 0.29) is 17.3 Å². The van der Waals surface area contributed by atoms with Crippen molar-refractivity contribution in [2.45, 2.75) is 26.8 Å². The van der Waals surface area contributed by atoms with Gasteiger partial charge in [0.25, 0.3) is 0 Å². The Kier molecular flexibility index (Phi) is 2.33. The van der Waals surface area contributed by atoms with Crippen LogP contribution in [-0.4, -0.2) is 12.6 Å². The molecule has 2 nitrogen and oxygen atoms in total. The molecule has 1 aliphatic heterocycles. The maximum absolute atomic E-state index is 13.0. The van der Waals surface area contributed by atoms with Crippen molar-refractivity contribution >= 4 is 5.69 Å². The molecule has 82 valence electrons. The summed E-state index contributed by atoms with van der Waals surface area (Å²) in [6.07, 6.45) is 0. The van der Waals surface area contributed by atoms with Crippen LogP contribution in [0.2, 0.25) is 0 Å². The Bertz CT molecular complexity index is 370. The number of benzene rings is 1. The van der Waals surface area contributed by atoms with Crippen LogP contribution in [0.5, 0.6) is 5.75 Å². The van der Waals surface area contributed by atoms with Crippen molar-refractivity contribution in [3.05, 3.63) is 24.0 Å². The van der Waals surface area contributed by atoms with Gasteiger partial charge < -0.3 is 10.1 Å². The predicted octanol–water partition coefficient (Wildman–Crippen LogP) is 3.04. The van der Waals surface area contributed by atoms with Crippen LogP contribution in [-0.2, 0) is 0 Å². The van der Waals surface area contributed by atoms with E-state index in [1.807, 2.05) is 0 Å². The zero-order chi connectivity index (χ0) is 11.1. The lowest BCUT2D eigenvalue weighted by atomic mass is 9.86. The highest BCUT2D eigenvalue weighted by atomic mass is 19.1. The normalized spacial score (nSPS) is 20.1. The molecule has 0 saturated carbocycles. The third-order valence-electron chi connectivity index (χ3n) is 2.72. The largest absolute Gasteiger partial charge is 0.489 e. The van der Waals surface area contributed by atoms with Crippen molar-refractivity contribution in [1.82, 2.24) is 0 Å². The molecule has 0 radical (unpaired) electrons. The highest BCUT2D eigenvalue weighted by molar-refractivity contribution is 5.58. The lowest BCUT2D eigenvalue weighted by Crippen LogP contribution is -2.41. The smallest absolute Gasteiger partial charge is 0.142 e.